The molecule has 0 aliphatic carbocycles. The van der Waals surface area contributed by atoms with Gasteiger partial charge in [-0.1, -0.05) is 24.7 Å². The zero-order valence-electron chi connectivity index (χ0n) is 24.9. The number of esters is 1. The molecule has 0 bridgehead atoms. The first-order valence-corrected chi connectivity index (χ1v) is 14.5. The number of aromatic nitrogens is 1. The molecule has 1 fully saturated rings. The highest BCUT2D eigenvalue weighted by Crippen LogP contribution is 2.48. The van der Waals surface area contributed by atoms with Crippen LogP contribution in [0.1, 0.15) is 59.2 Å². The number of anilines is 1. The number of ketones is 1. The summed E-state index contributed by atoms with van der Waals surface area (Å²) in [6, 6.07) is 8.63. The van der Waals surface area contributed by atoms with Gasteiger partial charge in [-0.3, -0.25) is 14.5 Å². The summed E-state index contributed by atoms with van der Waals surface area (Å²) in [5, 5.41) is 11.6. The molecule has 43 heavy (non-hydrogen) atoms. The topological polar surface area (TPSA) is 134 Å². The average molecular weight is 611 g/mol. The molecule has 228 valence electrons. The summed E-state index contributed by atoms with van der Waals surface area (Å²) >= 11 is 0.917. The fraction of sp³-hybridized carbons (Fsp3) is 0.355. The van der Waals surface area contributed by atoms with E-state index in [-0.39, 0.29) is 33.7 Å². The fourth-order valence-corrected chi connectivity index (χ4v) is 5.66. The van der Waals surface area contributed by atoms with Crippen LogP contribution in [0.25, 0.3) is 5.76 Å². The van der Waals surface area contributed by atoms with Crippen LogP contribution in [0.15, 0.2) is 42.0 Å². The first kappa shape index (κ1) is 31.4. The van der Waals surface area contributed by atoms with E-state index < -0.39 is 29.5 Å². The molecule has 1 aliphatic rings. The number of amides is 1. The van der Waals surface area contributed by atoms with Crippen LogP contribution < -0.4 is 23.8 Å². The van der Waals surface area contributed by atoms with Crippen molar-refractivity contribution in [3.05, 3.63) is 63.7 Å². The first-order valence-electron chi connectivity index (χ1n) is 13.7. The van der Waals surface area contributed by atoms with E-state index in [1.54, 1.807) is 50.2 Å². The van der Waals surface area contributed by atoms with Crippen molar-refractivity contribution >= 4 is 39.9 Å². The predicted molar refractivity (Wildman–Crippen MR) is 161 cm³/mol. The van der Waals surface area contributed by atoms with Crippen molar-refractivity contribution in [1.29, 1.82) is 0 Å². The number of rotatable bonds is 12. The molecule has 0 radical (unpaired) electrons. The van der Waals surface area contributed by atoms with Gasteiger partial charge in [0.05, 0.1) is 51.9 Å². The molecule has 1 N–H and O–H groups in total. The molecule has 1 aromatic heterocycles. The van der Waals surface area contributed by atoms with Gasteiger partial charge in [-0.15, -0.1) is 0 Å². The van der Waals surface area contributed by atoms with E-state index in [9.17, 15) is 19.5 Å². The molecule has 0 unspecified atom stereocenters. The number of carbonyl (C=O) groups excluding carboxylic acids is 3. The molecule has 0 spiro atoms. The van der Waals surface area contributed by atoms with Crippen LogP contribution in [-0.4, -0.2) is 62.3 Å². The van der Waals surface area contributed by atoms with E-state index in [0.717, 1.165) is 29.1 Å². The summed E-state index contributed by atoms with van der Waals surface area (Å²) in [7, 11) is 4.34. The van der Waals surface area contributed by atoms with Crippen molar-refractivity contribution in [2.45, 2.75) is 39.7 Å². The molecular weight excluding hydrogens is 576 g/mol. The van der Waals surface area contributed by atoms with Crippen molar-refractivity contribution in [2.75, 3.05) is 39.4 Å². The number of ether oxygens (including phenoxy) is 5. The van der Waals surface area contributed by atoms with E-state index in [4.69, 9.17) is 23.7 Å². The first-order chi connectivity index (χ1) is 20.7. The van der Waals surface area contributed by atoms with Crippen LogP contribution in [-0.2, 0) is 14.3 Å². The number of thiazole rings is 1. The van der Waals surface area contributed by atoms with Gasteiger partial charge in [0.2, 0.25) is 5.75 Å². The monoisotopic (exact) mass is 610 g/mol. The normalized spacial score (nSPS) is 15.9. The maximum Gasteiger partial charge on any atom is 0.350 e. The molecule has 1 aliphatic heterocycles. The molecule has 4 rings (SSSR count). The van der Waals surface area contributed by atoms with E-state index in [0.29, 0.717) is 34.9 Å². The number of hydrogen-bond acceptors (Lipinski definition) is 11. The second kappa shape index (κ2) is 13.6. The summed E-state index contributed by atoms with van der Waals surface area (Å²) in [5.74, 6) is -1.37. The Morgan fingerprint density at radius 2 is 1.67 bits per heavy atom. The third kappa shape index (κ3) is 6.14. The number of carbonyl (C=O) groups is 3. The third-order valence-corrected chi connectivity index (χ3v) is 7.93. The van der Waals surface area contributed by atoms with Gasteiger partial charge in [0, 0.05) is 5.56 Å². The number of aryl methyl sites for hydroxylation is 1. The SMILES string of the molecule is CCCCOc1ccc(C(O)=C2C(=O)C(=O)N(c3nc(C)c(C(=O)OCC)s3)[C@H]2c2cc(OC)c(OC)c(OC)c2)cc1. The van der Waals surface area contributed by atoms with Gasteiger partial charge in [0.25, 0.3) is 5.78 Å². The number of aliphatic hydroxyl groups excluding tert-OH is 1. The number of aliphatic hydroxyl groups is 1. The van der Waals surface area contributed by atoms with Gasteiger partial charge in [-0.2, -0.15) is 0 Å². The summed E-state index contributed by atoms with van der Waals surface area (Å²) in [4.78, 5) is 45.7. The fourth-order valence-electron chi connectivity index (χ4n) is 4.67. The molecule has 11 nitrogen and oxygen atoms in total. The van der Waals surface area contributed by atoms with Crippen molar-refractivity contribution in [3.63, 3.8) is 0 Å². The molecule has 3 aromatic rings. The quantitative estimate of drug-likeness (QED) is 0.0926. The van der Waals surface area contributed by atoms with Crippen molar-refractivity contribution in [2.24, 2.45) is 0 Å². The van der Waals surface area contributed by atoms with Crippen LogP contribution in [0, 0.1) is 6.92 Å². The van der Waals surface area contributed by atoms with Crippen LogP contribution in [0.3, 0.4) is 0 Å². The Balaban J connectivity index is 1.91. The van der Waals surface area contributed by atoms with Gasteiger partial charge >= 0.3 is 11.9 Å². The number of unbranched alkanes of at least 4 members (excludes halogenated alkanes) is 1. The largest absolute Gasteiger partial charge is 0.507 e. The van der Waals surface area contributed by atoms with E-state index in [1.165, 1.54) is 21.3 Å². The highest BCUT2D eigenvalue weighted by atomic mass is 32.1. The Morgan fingerprint density at radius 1 is 1.02 bits per heavy atom. The molecule has 2 aromatic carbocycles. The van der Waals surface area contributed by atoms with Crippen LogP contribution in [0.5, 0.6) is 23.0 Å². The maximum absolute atomic E-state index is 13.7. The van der Waals surface area contributed by atoms with E-state index >= 15 is 0 Å². The third-order valence-electron chi connectivity index (χ3n) is 6.79. The molecule has 0 saturated carbocycles. The standard InChI is InChI=1S/C31H34N2O9S/c1-7-9-14-42-20-12-10-18(11-13-20)25(34)23-24(19-15-21(38-4)27(40-6)22(16-19)39-5)33(29(36)26(23)35)31-32-17(3)28(43-31)30(37)41-8-2/h10-13,15-16,24,34H,7-9,14H2,1-6H3/t24-/m0/s1. The van der Waals surface area contributed by atoms with Crippen LogP contribution in [0.4, 0.5) is 5.13 Å². The average Bonchev–Trinajstić information content (AvgIpc) is 3.52. The lowest BCUT2D eigenvalue weighted by molar-refractivity contribution is -0.132. The smallest absolute Gasteiger partial charge is 0.350 e. The number of hydrogen-bond donors (Lipinski definition) is 1. The summed E-state index contributed by atoms with van der Waals surface area (Å²) in [6.45, 7) is 6.07. The lowest BCUT2D eigenvalue weighted by atomic mass is 9.94. The summed E-state index contributed by atoms with van der Waals surface area (Å²) in [5.41, 5.74) is 0.841. The minimum Gasteiger partial charge on any atom is -0.507 e. The summed E-state index contributed by atoms with van der Waals surface area (Å²) < 4.78 is 27.4. The summed E-state index contributed by atoms with van der Waals surface area (Å²) in [6.07, 6.45) is 1.88. The Kier molecular flexibility index (Phi) is 9.92. The van der Waals surface area contributed by atoms with E-state index in [2.05, 4.69) is 11.9 Å². The Morgan fingerprint density at radius 3 is 2.23 bits per heavy atom. The van der Waals surface area contributed by atoms with Gasteiger partial charge in [0.1, 0.15) is 16.4 Å². The lowest BCUT2D eigenvalue weighted by Gasteiger charge is -2.24. The number of benzene rings is 2. The lowest BCUT2D eigenvalue weighted by Crippen LogP contribution is -2.29. The minimum absolute atomic E-state index is 0.0835. The molecule has 1 saturated heterocycles. The van der Waals surface area contributed by atoms with E-state index in [1.807, 2.05) is 0 Å². The molecule has 1 amide bonds. The molecule has 2 heterocycles. The predicted octanol–water partition coefficient (Wildman–Crippen LogP) is 5.46. The highest BCUT2D eigenvalue weighted by molar-refractivity contribution is 7.17. The van der Waals surface area contributed by atoms with Crippen LogP contribution in [0.2, 0.25) is 0 Å². The van der Waals surface area contributed by atoms with Crippen molar-refractivity contribution in [3.8, 4) is 23.0 Å². The number of methoxy groups -OCH3 is 3. The molecular formula is C31H34N2O9S. The zero-order chi connectivity index (χ0) is 31.3. The maximum atomic E-state index is 13.7. The second-order valence-corrected chi connectivity index (χ2v) is 10.5. The number of Topliss-reactive ketones (excluding diaryl/α,β-unsaturated/α-hetero) is 1. The Bertz CT molecular complexity index is 1520. The van der Waals surface area contributed by atoms with Gasteiger partial charge < -0.3 is 28.8 Å². The van der Waals surface area contributed by atoms with Crippen molar-refractivity contribution in [1.82, 2.24) is 4.98 Å². The highest BCUT2D eigenvalue weighted by Gasteiger charge is 2.49. The Labute approximate surface area is 253 Å². The van der Waals surface area contributed by atoms with Crippen molar-refractivity contribution < 1.29 is 43.2 Å². The molecule has 1 atom stereocenters. The zero-order valence-corrected chi connectivity index (χ0v) is 25.7. The molecule has 12 heteroatoms. The van der Waals surface area contributed by atoms with Gasteiger partial charge in [-0.05, 0) is 62.2 Å². The van der Waals surface area contributed by atoms with Gasteiger partial charge in [0.15, 0.2) is 16.6 Å². The minimum atomic E-state index is -1.16. The number of nitrogens with zero attached hydrogens (tertiary/aromatic N) is 2. The second-order valence-electron chi connectivity index (χ2n) is 9.49. The van der Waals surface area contributed by atoms with Crippen LogP contribution >= 0.6 is 11.3 Å². The Hall–Kier alpha value is -4.58. The van der Waals surface area contributed by atoms with Gasteiger partial charge in [-0.25, -0.2) is 9.78 Å².